The summed E-state index contributed by atoms with van der Waals surface area (Å²) in [7, 11) is 0. The zero-order valence-corrected chi connectivity index (χ0v) is 27.5. The van der Waals surface area contributed by atoms with Crippen molar-refractivity contribution in [2.45, 2.75) is 0 Å². The fourth-order valence-electron chi connectivity index (χ4n) is 7.34. The Kier molecular flexibility index (Phi) is 6.78. The molecule has 8 aromatic carbocycles. The van der Waals surface area contributed by atoms with Crippen LogP contribution in [0.25, 0.3) is 99.9 Å². The second kappa shape index (κ2) is 11.9. The van der Waals surface area contributed by atoms with Crippen molar-refractivity contribution in [1.82, 2.24) is 15.0 Å². The Morgan fingerprint density at radius 2 is 0.784 bits per heavy atom. The van der Waals surface area contributed by atoms with Gasteiger partial charge in [0, 0.05) is 38.4 Å². The molecule has 10 aromatic rings. The van der Waals surface area contributed by atoms with Crippen molar-refractivity contribution in [3.8, 4) is 56.4 Å². The summed E-state index contributed by atoms with van der Waals surface area (Å²) in [5.41, 5.74) is 8.92. The van der Waals surface area contributed by atoms with Crippen LogP contribution < -0.4 is 0 Å². The smallest absolute Gasteiger partial charge is 0.164 e. The van der Waals surface area contributed by atoms with Gasteiger partial charge in [0.25, 0.3) is 0 Å². The van der Waals surface area contributed by atoms with Gasteiger partial charge in [-0.2, -0.15) is 0 Å². The molecular formula is C47H29N3O. The first-order chi connectivity index (χ1) is 25.3. The van der Waals surface area contributed by atoms with Crippen molar-refractivity contribution in [2.24, 2.45) is 0 Å². The van der Waals surface area contributed by atoms with E-state index in [4.69, 9.17) is 19.4 Å². The van der Waals surface area contributed by atoms with E-state index in [1.807, 2.05) is 60.7 Å². The maximum absolute atomic E-state index is 7.04. The van der Waals surface area contributed by atoms with Crippen LogP contribution >= 0.6 is 0 Å². The zero-order valence-electron chi connectivity index (χ0n) is 27.5. The van der Waals surface area contributed by atoms with Crippen molar-refractivity contribution in [3.63, 3.8) is 0 Å². The fourth-order valence-corrected chi connectivity index (χ4v) is 7.34. The van der Waals surface area contributed by atoms with Gasteiger partial charge in [-0.3, -0.25) is 0 Å². The molecule has 0 aliphatic carbocycles. The maximum Gasteiger partial charge on any atom is 0.164 e. The van der Waals surface area contributed by atoms with E-state index >= 15 is 0 Å². The van der Waals surface area contributed by atoms with Crippen molar-refractivity contribution in [3.05, 3.63) is 176 Å². The van der Waals surface area contributed by atoms with Gasteiger partial charge in [0.1, 0.15) is 11.2 Å². The Morgan fingerprint density at radius 3 is 1.45 bits per heavy atom. The lowest BCUT2D eigenvalue weighted by atomic mass is 9.90. The van der Waals surface area contributed by atoms with Crippen molar-refractivity contribution in [2.75, 3.05) is 0 Å². The van der Waals surface area contributed by atoms with Gasteiger partial charge < -0.3 is 4.42 Å². The molecule has 238 valence electrons. The van der Waals surface area contributed by atoms with Gasteiger partial charge in [0.05, 0.1) is 0 Å². The van der Waals surface area contributed by atoms with Gasteiger partial charge in [-0.15, -0.1) is 0 Å². The molecule has 2 heterocycles. The summed E-state index contributed by atoms with van der Waals surface area (Å²) in [6.45, 7) is 0. The van der Waals surface area contributed by atoms with Crippen molar-refractivity contribution < 1.29 is 4.42 Å². The molecule has 51 heavy (non-hydrogen) atoms. The largest absolute Gasteiger partial charge is 0.455 e. The fraction of sp³-hybridized carbons (Fsp3) is 0. The third-order valence-corrected chi connectivity index (χ3v) is 9.75. The molecule has 0 fully saturated rings. The summed E-state index contributed by atoms with van der Waals surface area (Å²) < 4.78 is 7.04. The van der Waals surface area contributed by atoms with E-state index in [2.05, 4.69) is 115 Å². The van der Waals surface area contributed by atoms with E-state index in [0.29, 0.717) is 17.5 Å². The van der Waals surface area contributed by atoms with E-state index in [1.54, 1.807) is 0 Å². The summed E-state index contributed by atoms with van der Waals surface area (Å²) >= 11 is 0. The molecule has 0 unspecified atom stereocenters. The third kappa shape index (κ3) is 4.88. The minimum Gasteiger partial charge on any atom is -0.455 e. The topological polar surface area (TPSA) is 51.8 Å². The Morgan fingerprint density at radius 1 is 0.294 bits per heavy atom. The van der Waals surface area contributed by atoms with Gasteiger partial charge in [0.15, 0.2) is 17.5 Å². The molecule has 10 rings (SSSR count). The van der Waals surface area contributed by atoms with Gasteiger partial charge in [0.2, 0.25) is 0 Å². The molecule has 0 bridgehead atoms. The van der Waals surface area contributed by atoms with E-state index in [-0.39, 0.29) is 0 Å². The highest BCUT2D eigenvalue weighted by atomic mass is 16.3. The second-order valence-corrected chi connectivity index (χ2v) is 12.7. The SMILES string of the molecule is c1ccc(-c2nc(-c3ccccc3)nc(-c3ccc(-c4ccc(-c5ccccc5)c5ccccc45)c4oc5c6ccccc6ccc5c34)n2)cc1. The average Bonchev–Trinajstić information content (AvgIpc) is 3.61. The molecule has 4 heteroatoms. The monoisotopic (exact) mass is 651 g/mol. The number of hydrogen-bond donors (Lipinski definition) is 0. The Balaban J connectivity index is 1.28. The highest BCUT2D eigenvalue weighted by Gasteiger charge is 2.23. The normalized spacial score (nSPS) is 11.5. The molecule has 0 radical (unpaired) electrons. The molecule has 0 saturated heterocycles. The van der Waals surface area contributed by atoms with Gasteiger partial charge in [-0.1, -0.05) is 158 Å². The average molecular weight is 652 g/mol. The van der Waals surface area contributed by atoms with Crippen LogP contribution in [0.1, 0.15) is 0 Å². The lowest BCUT2D eigenvalue weighted by molar-refractivity contribution is 0.674. The van der Waals surface area contributed by atoms with Gasteiger partial charge in [-0.05, 0) is 51.0 Å². The minimum absolute atomic E-state index is 0.597. The van der Waals surface area contributed by atoms with Crippen LogP contribution in [0.5, 0.6) is 0 Å². The molecule has 0 atom stereocenters. The Hall–Kier alpha value is -6.91. The summed E-state index contributed by atoms with van der Waals surface area (Å²) in [6.07, 6.45) is 0. The van der Waals surface area contributed by atoms with Crippen LogP contribution in [-0.2, 0) is 0 Å². The zero-order chi connectivity index (χ0) is 33.7. The summed E-state index contributed by atoms with van der Waals surface area (Å²) in [6, 6.07) is 60.9. The molecule has 4 nitrogen and oxygen atoms in total. The Bertz CT molecular complexity index is 2840. The number of nitrogens with zero attached hydrogens (tertiary/aromatic N) is 3. The first-order valence-corrected chi connectivity index (χ1v) is 17.1. The van der Waals surface area contributed by atoms with Crippen LogP contribution in [0.15, 0.2) is 180 Å². The van der Waals surface area contributed by atoms with Gasteiger partial charge in [-0.25, -0.2) is 15.0 Å². The molecule has 0 saturated carbocycles. The molecule has 0 aliphatic heterocycles. The van der Waals surface area contributed by atoms with E-state index < -0.39 is 0 Å². The quantitative estimate of drug-likeness (QED) is 0.186. The summed E-state index contributed by atoms with van der Waals surface area (Å²) in [4.78, 5) is 15.2. The van der Waals surface area contributed by atoms with Crippen LogP contribution in [0.2, 0.25) is 0 Å². The van der Waals surface area contributed by atoms with Gasteiger partial charge >= 0.3 is 0 Å². The maximum atomic E-state index is 7.04. The van der Waals surface area contributed by atoms with Crippen molar-refractivity contribution in [1.29, 1.82) is 0 Å². The minimum atomic E-state index is 0.597. The summed E-state index contributed by atoms with van der Waals surface area (Å²) in [5.74, 6) is 1.84. The third-order valence-electron chi connectivity index (χ3n) is 9.75. The molecular weight excluding hydrogens is 623 g/mol. The van der Waals surface area contributed by atoms with Crippen LogP contribution in [0.4, 0.5) is 0 Å². The first-order valence-electron chi connectivity index (χ1n) is 17.1. The second-order valence-electron chi connectivity index (χ2n) is 12.7. The van der Waals surface area contributed by atoms with Crippen LogP contribution in [0.3, 0.4) is 0 Å². The predicted octanol–water partition coefficient (Wildman–Crippen LogP) is 12.4. The molecule has 0 amide bonds. The predicted molar refractivity (Wildman–Crippen MR) is 209 cm³/mol. The number of aromatic nitrogens is 3. The molecule has 0 spiro atoms. The molecule has 2 aromatic heterocycles. The number of rotatable bonds is 5. The molecule has 0 aliphatic rings. The van der Waals surface area contributed by atoms with Crippen LogP contribution in [0, 0.1) is 0 Å². The number of furan rings is 1. The Labute approximate surface area is 294 Å². The number of hydrogen-bond acceptors (Lipinski definition) is 4. The van der Waals surface area contributed by atoms with E-state index in [9.17, 15) is 0 Å². The lowest BCUT2D eigenvalue weighted by Crippen LogP contribution is -2.00. The molecule has 0 N–H and O–H groups in total. The van der Waals surface area contributed by atoms with E-state index in [0.717, 1.165) is 65.9 Å². The standard InChI is InChI=1S/C47H29N3O/c1-4-14-30(15-5-1)34-26-27-38(37-23-13-12-22-36(34)37)39-28-29-41(42-40-25-24-31-16-10-11-21-35(31)43(40)51-44(39)42)47-49-45(32-17-6-2-7-18-32)48-46(50-47)33-19-8-3-9-20-33/h1-29H. The number of benzene rings is 8. The number of fused-ring (bicyclic) bond motifs is 6. The highest BCUT2D eigenvalue weighted by Crippen LogP contribution is 2.45. The highest BCUT2D eigenvalue weighted by molar-refractivity contribution is 6.22. The first kappa shape index (κ1) is 29.0. The van der Waals surface area contributed by atoms with Crippen LogP contribution in [-0.4, -0.2) is 15.0 Å². The summed E-state index contributed by atoms with van der Waals surface area (Å²) in [5, 5.41) is 6.55. The van der Waals surface area contributed by atoms with E-state index in [1.165, 1.54) is 16.5 Å². The lowest BCUT2D eigenvalue weighted by Gasteiger charge is -2.14. The van der Waals surface area contributed by atoms with Crippen molar-refractivity contribution >= 4 is 43.5 Å².